The Labute approximate surface area is 233 Å². The first-order valence-corrected chi connectivity index (χ1v) is 13.0. The maximum atomic E-state index is 13.4. The molecule has 4 N–H and O–H groups in total. The number of thiocarbonyl (C=S) groups is 1. The molecule has 1 aliphatic heterocycles. The Hall–Kier alpha value is -4.84. The number of amides is 2. The van der Waals surface area contributed by atoms with Gasteiger partial charge in [0, 0.05) is 18.7 Å². The minimum Gasteiger partial charge on any atom is -0.484 e. The van der Waals surface area contributed by atoms with E-state index >= 15 is 0 Å². The van der Waals surface area contributed by atoms with Crippen LogP contribution >= 0.6 is 12.2 Å². The Morgan fingerprint density at radius 2 is 2.02 bits per heavy atom. The first-order valence-electron chi connectivity index (χ1n) is 12.6. The number of ether oxygens (including phenoxy) is 1. The maximum absolute atomic E-state index is 13.4. The van der Waals surface area contributed by atoms with Crippen LogP contribution in [0.3, 0.4) is 0 Å². The molecule has 12 heteroatoms. The molecule has 202 valence electrons. The molecule has 0 saturated heterocycles. The van der Waals surface area contributed by atoms with Gasteiger partial charge in [-0.3, -0.25) is 9.59 Å². The molecule has 0 radical (unpaired) electrons. The highest BCUT2D eigenvalue weighted by molar-refractivity contribution is 7.80. The number of carboxylic acid groups (broad SMARTS) is 1. The minimum absolute atomic E-state index is 0.0764. The normalized spacial score (nSPS) is 15.5. The zero-order valence-corrected chi connectivity index (χ0v) is 22.2. The Morgan fingerprint density at radius 3 is 2.85 bits per heavy atom. The van der Waals surface area contributed by atoms with Gasteiger partial charge < -0.3 is 25.8 Å². The number of anilines is 1. The third kappa shape index (κ3) is 4.62. The zero-order chi connectivity index (χ0) is 28.0. The van der Waals surface area contributed by atoms with E-state index in [1.807, 2.05) is 18.2 Å². The number of carbonyl (C=O) groups is 3. The van der Waals surface area contributed by atoms with E-state index in [1.165, 1.54) is 16.8 Å². The molecule has 0 bridgehead atoms. The van der Waals surface area contributed by atoms with E-state index in [-0.39, 0.29) is 29.5 Å². The third-order valence-electron chi connectivity index (χ3n) is 7.18. The number of carbonyl (C=O) groups excluding carboxylic acids is 2. The standard InChI is InChI=1S/C28H24N6O5S/c1-14-16-5-6-19(18(16)4-3-17(14)28(37)38)33-27(36)22-11-21(31-24-8-9-30-34(22)24)26(35)29-12-15-2-7-23-20(10-15)32-25(40)13-39-23/h2-4,7-11,19H,5-6,12-13H2,1H3,(H,29,35)(H,32,40)(H,33,36)(H,37,38)/t19-/m0/s1. The highest BCUT2D eigenvalue weighted by atomic mass is 32.1. The number of hydrogen-bond donors (Lipinski definition) is 4. The first-order chi connectivity index (χ1) is 19.3. The molecular formula is C28H24N6O5S. The SMILES string of the molecule is Cc1c(C(=O)O)ccc2c1CC[C@@H]2NC(=O)c1cc(C(=O)NCc2ccc3c(c2)NC(=S)CO3)nc2ccnn12. The van der Waals surface area contributed by atoms with Gasteiger partial charge in [-0.05, 0) is 60.2 Å². The van der Waals surface area contributed by atoms with Crippen molar-refractivity contribution in [1.82, 2.24) is 25.2 Å². The predicted molar refractivity (Wildman–Crippen MR) is 149 cm³/mol. The molecule has 0 saturated carbocycles. The van der Waals surface area contributed by atoms with Crippen LogP contribution in [0.5, 0.6) is 5.75 Å². The molecule has 0 fully saturated rings. The molecule has 2 amide bonds. The van der Waals surface area contributed by atoms with E-state index in [4.69, 9.17) is 17.0 Å². The largest absolute Gasteiger partial charge is 0.484 e. The Bertz CT molecular complexity index is 1730. The van der Waals surface area contributed by atoms with Crippen LogP contribution in [0.15, 0.2) is 48.7 Å². The summed E-state index contributed by atoms with van der Waals surface area (Å²) in [7, 11) is 0. The van der Waals surface area contributed by atoms with Crippen LogP contribution in [-0.4, -0.2) is 49.1 Å². The molecule has 4 aromatic rings. The Balaban J connectivity index is 1.21. The van der Waals surface area contributed by atoms with Crippen molar-refractivity contribution < 1.29 is 24.2 Å². The van der Waals surface area contributed by atoms with Crippen LogP contribution < -0.4 is 20.7 Å². The molecule has 40 heavy (non-hydrogen) atoms. The second-order valence-corrected chi connectivity index (χ2v) is 10.1. The molecule has 11 nitrogen and oxygen atoms in total. The summed E-state index contributed by atoms with van der Waals surface area (Å²) in [6.45, 7) is 2.34. The average molecular weight is 557 g/mol. The number of aromatic carboxylic acids is 1. The number of aromatic nitrogens is 3. The minimum atomic E-state index is -0.974. The molecular weight excluding hydrogens is 532 g/mol. The first kappa shape index (κ1) is 25.4. The lowest BCUT2D eigenvalue weighted by atomic mass is 9.98. The fourth-order valence-corrected chi connectivity index (χ4v) is 5.37. The number of benzene rings is 2. The van der Waals surface area contributed by atoms with E-state index in [0.29, 0.717) is 41.4 Å². The van der Waals surface area contributed by atoms with Crippen molar-refractivity contribution in [2.24, 2.45) is 0 Å². The topological polar surface area (TPSA) is 147 Å². The van der Waals surface area contributed by atoms with Crippen LogP contribution in [0.2, 0.25) is 0 Å². The summed E-state index contributed by atoms with van der Waals surface area (Å²) in [4.78, 5) is 43.0. The second-order valence-electron chi connectivity index (χ2n) is 9.65. The van der Waals surface area contributed by atoms with Crippen molar-refractivity contribution in [2.75, 3.05) is 11.9 Å². The van der Waals surface area contributed by atoms with E-state index < -0.39 is 17.8 Å². The molecule has 1 atom stereocenters. The van der Waals surface area contributed by atoms with Gasteiger partial charge in [0.05, 0.1) is 23.5 Å². The number of hydrogen-bond acceptors (Lipinski definition) is 7. The van der Waals surface area contributed by atoms with Gasteiger partial charge in [-0.2, -0.15) is 5.10 Å². The Kier molecular flexibility index (Phi) is 6.39. The molecule has 0 spiro atoms. The van der Waals surface area contributed by atoms with E-state index in [1.54, 1.807) is 25.1 Å². The summed E-state index contributed by atoms with van der Waals surface area (Å²) < 4.78 is 6.96. The smallest absolute Gasteiger partial charge is 0.335 e. The highest BCUT2D eigenvalue weighted by Crippen LogP contribution is 2.35. The van der Waals surface area contributed by atoms with Crippen LogP contribution in [0.4, 0.5) is 5.69 Å². The van der Waals surface area contributed by atoms with Crippen molar-refractivity contribution >= 4 is 46.3 Å². The lowest BCUT2D eigenvalue weighted by Gasteiger charge is -2.20. The van der Waals surface area contributed by atoms with Gasteiger partial charge in [0.2, 0.25) is 0 Å². The van der Waals surface area contributed by atoms with Gasteiger partial charge in [0.15, 0.2) is 5.65 Å². The van der Waals surface area contributed by atoms with E-state index in [2.05, 4.69) is 26.0 Å². The van der Waals surface area contributed by atoms with Crippen molar-refractivity contribution in [3.63, 3.8) is 0 Å². The van der Waals surface area contributed by atoms with Gasteiger partial charge in [0.1, 0.15) is 28.7 Å². The van der Waals surface area contributed by atoms with Crippen molar-refractivity contribution in [3.05, 3.63) is 87.9 Å². The number of nitrogens with zero attached hydrogens (tertiary/aromatic N) is 3. The average Bonchev–Trinajstić information content (AvgIpc) is 3.58. The van der Waals surface area contributed by atoms with Gasteiger partial charge in [0.25, 0.3) is 11.8 Å². The number of carboxylic acids is 1. The van der Waals surface area contributed by atoms with Gasteiger partial charge in [-0.25, -0.2) is 14.3 Å². The van der Waals surface area contributed by atoms with Gasteiger partial charge in [-0.1, -0.05) is 24.4 Å². The van der Waals surface area contributed by atoms with Crippen molar-refractivity contribution in [3.8, 4) is 5.75 Å². The number of nitrogens with one attached hydrogen (secondary N) is 3. The van der Waals surface area contributed by atoms with Crippen LogP contribution in [-0.2, 0) is 13.0 Å². The fourth-order valence-electron chi connectivity index (χ4n) is 5.20. The number of rotatable bonds is 6. The van der Waals surface area contributed by atoms with Crippen LogP contribution in [0, 0.1) is 6.92 Å². The van der Waals surface area contributed by atoms with Crippen LogP contribution in [0.25, 0.3) is 5.65 Å². The summed E-state index contributed by atoms with van der Waals surface area (Å²) >= 11 is 5.17. The summed E-state index contributed by atoms with van der Waals surface area (Å²) in [6.07, 6.45) is 2.80. The molecule has 0 unspecified atom stereocenters. The van der Waals surface area contributed by atoms with E-state index in [0.717, 1.165) is 22.4 Å². The third-order valence-corrected chi connectivity index (χ3v) is 7.40. The maximum Gasteiger partial charge on any atom is 0.335 e. The van der Waals surface area contributed by atoms with Crippen molar-refractivity contribution in [2.45, 2.75) is 32.4 Å². The van der Waals surface area contributed by atoms with Gasteiger partial charge >= 0.3 is 5.97 Å². The summed E-state index contributed by atoms with van der Waals surface area (Å²) in [5.41, 5.74) is 4.97. The molecule has 6 rings (SSSR count). The van der Waals surface area contributed by atoms with E-state index in [9.17, 15) is 19.5 Å². The monoisotopic (exact) mass is 556 g/mol. The molecule has 3 heterocycles. The zero-order valence-electron chi connectivity index (χ0n) is 21.4. The van der Waals surface area contributed by atoms with Crippen molar-refractivity contribution in [1.29, 1.82) is 0 Å². The van der Waals surface area contributed by atoms with Crippen LogP contribution in [0.1, 0.15) is 66.1 Å². The lowest BCUT2D eigenvalue weighted by molar-refractivity contribution is 0.0695. The summed E-state index contributed by atoms with van der Waals surface area (Å²) in [6, 6.07) is 11.6. The summed E-state index contributed by atoms with van der Waals surface area (Å²) in [5, 5.41) is 22.6. The second kappa shape index (κ2) is 10.0. The molecule has 2 aromatic carbocycles. The predicted octanol–water partition coefficient (Wildman–Crippen LogP) is 3.21. The summed E-state index contributed by atoms with van der Waals surface area (Å²) in [5.74, 6) is -1.15. The fraction of sp³-hybridized carbons (Fsp3) is 0.214. The lowest BCUT2D eigenvalue weighted by Crippen LogP contribution is -2.30. The molecule has 2 aliphatic rings. The quantitative estimate of drug-likeness (QED) is 0.263. The number of fused-ring (bicyclic) bond motifs is 3. The van der Waals surface area contributed by atoms with Gasteiger partial charge in [-0.15, -0.1) is 0 Å². The highest BCUT2D eigenvalue weighted by Gasteiger charge is 2.29. The Morgan fingerprint density at radius 1 is 1.18 bits per heavy atom. The molecule has 1 aliphatic carbocycles. The molecule has 2 aromatic heterocycles.